The van der Waals surface area contributed by atoms with Crippen LogP contribution in [0.25, 0.3) is 0 Å². The van der Waals surface area contributed by atoms with Crippen molar-refractivity contribution < 1.29 is 25.8 Å². The number of hydrogen-bond acceptors (Lipinski definition) is 3. The Balaban J connectivity index is 1.57. The number of rotatable bonds is 5. The van der Waals surface area contributed by atoms with E-state index in [4.69, 9.17) is 0 Å². The van der Waals surface area contributed by atoms with Crippen LogP contribution < -0.4 is 4.18 Å². The van der Waals surface area contributed by atoms with Gasteiger partial charge in [-0.3, -0.25) is 0 Å². The molecule has 3 aliphatic rings. The van der Waals surface area contributed by atoms with Gasteiger partial charge in [-0.2, -0.15) is 21.6 Å². The molecule has 0 heterocycles. The van der Waals surface area contributed by atoms with Crippen molar-refractivity contribution >= 4 is 10.1 Å². The highest BCUT2D eigenvalue weighted by Gasteiger charge is 2.59. The molecule has 0 spiro atoms. The van der Waals surface area contributed by atoms with Crippen molar-refractivity contribution in [2.24, 2.45) is 22.7 Å². The predicted octanol–water partition coefficient (Wildman–Crippen LogP) is 6.97. The first-order chi connectivity index (χ1) is 14.4. The molecule has 4 rings (SSSR count). The average Bonchev–Trinajstić information content (AvgIpc) is 2.96. The van der Waals surface area contributed by atoms with Crippen molar-refractivity contribution in [3.63, 3.8) is 0 Å². The number of fused-ring (bicyclic) bond motifs is 5. The van der Waals surface area contributed by atoms with Crippen LogP contribution >= 0.6 is 0 Å². The average molecular weight is 459 g/mol. The summed E-state index contributed by atoms with van der Waals surface area (Å²) in [6, 6.07) is 4.70. The van der Waals surface area contributed by atoms with Gasteiger partial charge in [0.1, 0.15) is 5.75 Å². The fourth-order valence-electron chi connectivity index (χ4n) is 7.12. The summed E-state index contributed by atoms with van der Waals surface area (Å²) in [5.74, 6) is 1.44. The smallest absolute Gasteiger partial charge is 0.376 e. The van der Waals surface area contributed by atoms with E-state index in [1.165, 1.54) is 56.2 Å². The zero-order valence-electron chi connectivity index (χ0n) is 18.6. The van der Waals surface area contributed by atoms with Gasteiger partial charge < -0.3 is 4.18 Å². The van der Waals surface area contributed by atoms with E-state index in [1.807, 2.05) is 0 Å². The van der Waals surface area contributed by atoms with Gasteiger partial charge in [-0.25, -0.2) is 0 Å². The van der Waals surface area contributed by atoms with Crippen LogP contribution in [0.15, 0.2) is 18.2 Å². The molecule has 0 bridgehead atoms. The molecule has 1 aromatic carbocycles. The van der Waals surface area contributed by atoms with Crippen LogP contribution in [0.5, 0.6) is 5.75 Å². The lowest BCUT2D eigenvalue weighted by Crippen LogP contribution is -2.46. The normalized spacial score (nSPS) is 35.2. The Labute approximate surface area is 183 Å². The van der Waals surface area contributed by atoms with Crippen molar-refractivity contribution in [1.82, 2.24) is 0 Å². The lowest BCUT2D eigenvalue weighted by molar-refractivity contribution is -0.0500. The molecular weight excluding hydrogens is 425 g/mol. The first-order valence-electron chi connectivity index (χ1n) is 11.6. The molecule has 0 saturated heterocycles. The Bertz CT molecular complexity index is 942. The summed E-state index contributed by atoms with van der Waals surface area (Å²) in [6.45, 7) is 7.25. The third-order valence-electron chi connectivity index (χ3n) is 9.05. The van der Waals surface area contributed by atoms with Gasteiger partial charge in [-0.05, 0) is 96.8 Å². The summed E-state index contributed by atoms with van der Waals surface area (Å²) in [5, 5.41) is 0. The van der Waals surface area contributed by atoms with E-state index in [9.17, 15) is 21.6 Å². The molecule has 3 nitrogen and oxygen atoms in total. The molecule has 1 aromatic rings. The number of unbranched alkanes of at least 4 members (excludes halogenated alkanes) is 1. The van der Waals surface area contributed by atoms with Gasteiger partial charge in [-0.15, -0.1) is 0 Å². The number of halogens is 3. The van der Waals surface area contributed by atoms with Gasteiger partial charge in [-0.1, -0.05) is 39.7 Å². The number of benzene rings is 1. The van der Waals surface area contributed by atoms with E-state index in [-0.39, 0.29) is 5.75 Å². The second-order valence-corrected chi connectivity index (χ2v) is 12.0. The van der Waals surface area contributed by atoms with Crippen LogP contribution in [0.2, 0.25) is 0 Å². The van der Waals surface area contributed by atoms with Crippen molar-refractivity contribution in [3.05, 3.63) is 29.3 Å². The molecule has 0 amide bonds. The van der Waals surface area contributed by atoms with Crippen LogP contribution in [0.1, 0.15) is 89.2 Å². The largest absolute Gasteiger partial charge is 0.534 e. The molecule has 0 aliphatic heterocycles. The maximum atomic E-state index is 12.7. The highest BCUT2D eigenvalue weighted by atomic mass is 32.2. The first-order valence-corrected chi connectivity index (χ1v) is 13.0. The van der Waals surface area contributed by atoms with E-state index in [1.54, 1.807) is 6.07 Å². The summed E-state index contributed by atoms with van der Waals surface area (Å²) in [6.07, 6.45) is 10.4. The molecule has 5 atom stereocenters. The minimum atomic E-state index is -5.64. The van der Waals surface area contributed by atoms with Gasteiger partial charge in [0.25, 0.3) is 0 Å². The van der Waals surface area contributed by atoms with Crippen LogP contribution in [0.3, 0.4) is 0 Å². The maximum absolute atomic E-state index is 12.7. The lowest BCUT2D eigenvalue weighted by Gasteiger charge is -2.54. The predicted molar refractivity (Wildman–Crippen MR) is 114 cm³/mol. The summed E-state index contributed by atoms with van der Waals surface area (Å²) >= 11 is 0. The fourth-order valence-corrected chi connectivity index (χ4v) is 7.58. The van der Waals surface area contributed by atoms with E-state index < -0.39 is 15.6 Å². The van der Waals surface area contributed by atoms with Gasteiger partial charge >= 0.3 is 15.6 Å². The summed E-state index contributed by atoms with van der Waals surface area (Å²) < 4.78 is 65.1. The standard InChI is InChI=1S/C24H33F3O3S/c1-4-5-12-22(2)13-11-21-20-8-6-16-15-17(30-31(28,29)24(25,26)27)7-9-18(16)19(20)10-14-23(21,22)3/h7,9,15,19-21H,4-6,8,10-14H2,1-3H3/t19-,20-,21+,22+,23+/m1/s1. The quantitative estimate of drug-likeness (QED) is 0.354. The first kappa shape index (κ1) is 22.9. The highest BCUT2D eigenvalue weighted by molar-refractivity contribution is 7.88. The minimum Gasteiger partial charge on any atom is -0.376 e. The van der Waals surface area contributed by atoms with Crippen LogP contribution in [-0.4, -0.2) is 13.9 Å². The number of hydrogen-bond donors (Lipinski definition) is 0. The third-order valence-corrected chi connectivity index (χ3v) is 10.0. The second-order valence-electron chi connectivity index (χ2n) is 10.4. The zero-order valence-corrected chi connectivity index (χ0v) is 19.4. The third kappa shape index (κ3) is 3.68. The fraction of sp³-hybridized carbons (Fsp3) is 0.750. The van der Waals surface area contributed by atoms with Gasteiger partial charge in [0, 0.05) is 0 Å². The second kappa shape index (κ2) is 7.67. The number of alkyl halides is 3. The summed E-state index contributed by atoms with van der Waals surface area (Å²) in [5.41, 5.74) is -2.56. The van der Waals surface area contributed by atoms with E-state index in [2.05, 4.69) is 25.0 Å². The van der Waals surface area contributed by atoms with E-state index in [0.717, 1.165) is 24.8 Å². The van der Waals surface area contributed by atoms with Crippen LogP contribution in [0, 0.1) is 22.7 Å². The Morgan fingerprint density at radius 3 is 2.55 bits per heavy atom. The van der Waals surface area contributed by atoms with E-state index >= 15 is 0 Å². The molecule has 2 saturated carbocycles. The Kier molecular flexibility index (Phi) is 5.67. The molecular formula is C24H33F3O3S. The SMILES string of the molecule is CCCC[C@@]1(C)CC[C@H]2[C@@H]3CCc4cc(OS(=O)(=O)C(F)(F)F)ccc4[C@H]3CC[C@@]21C. The zero-order chi connectivity index (χ0) is 22.7. The van der Waals surface area contributed by atoms with E-state index in [0.29, 0.717) is 28.6 Å². The van der Waals surface area contributed by atoms with Crippen molar-refractivity contribution in [3.8, 4) is 5.75 Å². The molecule has 2 fully saturated rings. The Morgan fingerprint density at radius 1 is 1.13 bits per heavy atom. The molecule has 7 heteroatoms. The van der Waals surface area contributed by atoms with Crippen LogP contribution in [-0.2, 0) is 16.5 Å². The molecule has 3 aliphatic carbocycles. The summed E-state index contributed by atoms with van der Waals surface area (Å²) in [7, 11) is -5.64. The van der Waals surface area contributed by atoms with Gasteiger partial charge in [0.05, 0.1) is 0 Å². The molecule has 0 N–H and O–H groups in total. The number of aryl methyl sites for hydroxylation is 1. The topological polar surface area (TPSA) is 43.4 Å². The highest BCUT2D eigenvalue weighted by Crippen LogP contribution is 2.68. The van der Waals surface area contributed by atoms with Crippen molar-refractivity contribution in [2.45, 2.75) is 90.0 Å². The van der Waals surface area contributed by atoms with Gasteiger partial charge in [0.15, 0.2) is 0 Å². The molecule has 0 radical (unpaired) electrons. The summed E-state index contributed by atoms with van der Waals surface area (Å²) in [4.78, 5) is 0. The maximum Gasteiger partial charge on any atom is 0.534 e. The Morgan fingerprint density at radius 2 is 1.87 bits per heavy atom. The van der Waals surface area contributed by atoms with Crippen molar-refractivity contribution in [2.75, 3.05) is 0 Å². The Hall–Kier alpha value is -1.24. The molecule has 31 heavy (non-hydrogen) atoms. The molecule has 0 unspecified atom stereocenters. The van der Waals surface area contributed by atoms with Gasteiger partial charge in [0.2, 0.25) is 0 Å². The minimum absolute atomic E-state index is 0.247. The van der Waals surface area contributed by atoms with Crippen molar-refractivity contribution in [1.29, 1.82) is 0 Å². The van der Waals surface area contributed by atoms with Crippen LogP contribution in [0.4, 0.5) is 13.2 Å². The molecule has 174 valence electrons. The molecule has 0 aromatic heterocycles. The monoisotopic (exact) mass is 458 g/mol. The lowest BCUT2D eigenvalue weighted by atomic mass is 9.50.